The van der Waals surface area contributed by atoms with Crippen LogP contribution in [-0.4, -0.2) is 50.0 Å². The van der Waals surface area contributed by atoms with Gasteiger partial charge < -0.3 is 20.4 Å². The van der Waals surface area contributed by atoms with Gasteiger partial charge in [-0.2, -0.15) is 0 Å². The zero-order valence-corrected chi connectivity index (χ0v) is 23.1. The van der Waals surface area contributed by atoms with E-state index in [1.165, 1.54) is 0 Å². The molecule has 5 aliphatic carbocycles. The molecule has 0 aromatic heterocycles. The average Bonchev–Trinajstić information content (AvgIpc) is 2.79. The molecular weight excluding hydrogens is 456 g/mol. The third-order valence-electron chi connectivity index (χ3n) is 13.4. The van der Waals surface area contributed by atoms with E-state index in [-0.39, 0.29) is 28.6 Å². The Balaban J connectivity index is 1.68. The first-order valence-corrected chi connectivity index (χ1v) is 14.0. The maximum absolute atomic E-state index is 13.2. The van der Waals surface area contributed by atoms with E-state index in [0.717, 1.165) is 24.8 Å². The van der Waals surface area contributed by atoms with Crippen LogP contribution in [0.3, 0.4) is 0 Å². The topological polar surface area (TPSA) is 115 Å². The zero-order valence-electron chi connectivity index (χ0n) is 23.1. The number of ketones is 1. The van der Waals surface area contributed by atoms with Crippen LogP contribution in [0.25, 0.3) is 0 Å². The third-order valence-corrected chi connectivity index (χ3v) is 13.4. The number of fused-ring (bicyclic) bond motifs is 7. The number of aliphatic hydroxyl groups is 3. The number of hydrogen-bond donors (Lipinski definition) is 4. The molecule has 0 spiro atoms. The van der Waals surface area contributed by atoms with Gasteiger partial charge in [-0.3, -0.25) is 9.59 Å². The molecule has 36 heavy (non-hydrogen) atoms. The van der Waals surface area contributed by atoms with Crippen LogP contribution in [0.15, 0.2) is 11.6 Å². The van der Waals surface area contributed by atoms with Gasteiger partial charge >= 0.3 is 5.97 Å². The van der Waals surface area contributed by atoms with Crippen molar-refractivity contribution in [2.45, 2.75) is 111 Å². The summed E-state index contributed by atoms with van der Waals surface area (Å²) in [6.07, 6.45) is 4.63. The Morgan fingerprint density at radius 3 is 2.17 bits per heavy atom. The highest BCUT2D eigenvalue weighted by Crippen LogP contribution is 2.75. The van der Waals surface area contributed by atoms with Crippen molar-refractivity contribution >= 4 is 11.8 Å². The van der Waals surface area contributed by atoms with E-state index in [9.17, 15) is 30.0 Å². The average molecular weight is 503 g/mol. The molecule has 5 aliphatic rings. The third kappa shape index (κ3) is 2.74. The van der Waals surface area contributed by atoms with E-state index in [2.05, 4.69) is 26.8 Å². The van der Waals surface area contributed by atoms with Crippen molar-refractivity contribution in [2.75, 3.05) is 0 Å². The minimum atomic E-state index is -1.23. The summed E-state index contributed by atoms with van der Waals surface area (Å²) in [5, 5.41) is 44.7. The van der Waals surface area contributed by atoms with Crippen LogP contribution in [0.5, 0.6) is 0 Å². The molecular formula is C30H46O6. The van der Waals surface area contributed by atoms with Crippen molar-refractivity contribution in [1.82, 2.24) is 0 Å². The second kappa shape index (κ2) is 7.45. The van der Waals surface area contributed by atoms with Gasteiger partial charge in [0, 0.05) is 16.7 Å². The van der Waals surface area contributed by atoms with Crippen LogP contribution in [0.1, 0.15) is 93.4 Å². The predicted molar refractivity (Wildman–Crippen MR) is 136 cm³/mol. The van der Waals surface area contributed by atoms with Crippen molar-refractivity contribution in [2.24, 2.45) is 50.7 Å². The quantitative estimate of drug-likeness (QED) is 0.396. The molecule has 0 saturated heterocycles. The highest BCUT2D eigenvalue weighted by Gasteiger charge is 2.73. The summed E-state index contributed by atoms with van der Waals surface area (Å²) in [6, 6.07) is 0. The van der Waals surface area contributed by atoms with Crippen molar-refractivity contribution in [1.29, 1.82) is 0 Å². The minimum Gasteiger partial charge on any atom is -0.481 e. The monoisotopic (exact) mass is 502 g/mol. The number of hydrogen-bond acceptors (Lipinski definition) is 5. The van der Waals surface area contributed by atoms with Crippen molar-refractivity contribution < 1.29 is 30.0 Å². The first kappa shape index (κ1) is 26.4. The lowest BCUT2D eigenvalue weighted by atomic mass is 9.32. The maximum atomic E-state index is 13.2. The summed E-state index contributed by atoms with van der Waals surface area (Å²) in [4.78, 5) is 26.0. The van der Waals surface area contributed by atoms with Crippen molar-refractivity contribution in [3.05, 3.63) is 11.6 Å². The van der Waals surface area contributed by atoms with Crippen molar-refractivity contribution in [3.8, 4) is 0 Å². The molecule has 0 aliphatic heterocycles. The summed E-state index contributed by atoms with van der Waals surface area (Å²) in [6.45, 7) is 14.4. The van der Waals surface area contributed by atoms with Crippen LogP contribution in [-0.2, 0) is 9.59 Å². The normalized spacial score (nSPS) is 55.9. The van der Waals surface area contributed by atoms with Crippen LogP contribution in [0.2, 0.25) is 0 Å². The first-order chi connectivity index (χ1) is 16.4. The Kier molecular flexibility index (Phi) is 5.45. The largest absolute Gasteiger partial charge is 0.481 e. The summed E-state index contributed by atoms with van der Waals surface area (Å²) in [5.74, 6) is -1.73. The number of carboxylic acid groups (broad SMARTS) is 1. The van der Waals surface area contributed by atoms with Gasteiger partial charge in [0.05, 0.1) is 11.0 Å². The Morgan fingerprint density at radius 2 is 1.56 bits per heavy atom. The number of carbonyl (C=O) groups excluding carboxylic acids is 1. The molecule has 4 N–H and O–H groups in total. The van der Waals surface area contributed by atoms with Gasteiger partial charge in [-0.05, 0) is 80.5 Å². The molecule has 0 aromatic carbocycles. The molecule has 0 radical (unpaired) electrons. The summed E-state index contributed by atoms with van der Waals surface area (Å²) >= 11 is 0. The van der Waals surface area contributed by atoms with Gasteiger partial charge in [0.15, 0.2) is 5.78 Å². The van der Waals surface area contributed by atoms with Crippen molar-refractivity contribution in [3.63, 3.8) is 0 Å². The molecule has 0 unspecified atom stereocenters. The molecule has 0 amide bonds. The van der Waals surface area contributed by atoms with Gasteiger partial charge in [-0.15, -0.1) is 0 Å². The minimum absolute atomic E-state index is 0.00270. The predicted octanol–water partition coefficient (Wildman–Crippen LogP) is 4.35. The van der Waals surface area contributed by atoms with E-state index >= 15 is 0 Å². The second-order valence-electron chi connectivity index (χ2n) is 14.7. The van der Waals surface area contributed by atoms with Crippen LogP contribution in [0, 0.1) is 50.7 Å². The standard InChI is InChI=1S/C30H46O6/c1-16-10-13-30(24(34)35)15-14-26(4)17(21(30)29(16,7)36)8-9-19-27(26,5)12-11-18-25(2,3)22(32)20(31)23(33)28(18,19)6/h8,16,18-19,21-23,32-33,36H,9-15H2,1-7H3,(H,34,35)/t16-,18+,19+,21-,22+,23-,26-,27-,28+,29-,30+/m1/s1. The smallest absolute Gasteiger partial charge is 0.310 e. The Morgan fingerprint density at radius 1 is 0.917 bits per heavy atom. The van der Waals surface area contributed by atoms with E-state index in [0.29, 0.717) is 25.7 Å². The fraction of sp³-hybridized carbons (Fsp3) is 0.867. The molecule has 6 nitrogen and oxygen atoms in total. The zero-order chi connectivity index (χ0) is 26.9. The molecule has 0 heterocycles. The number of Topliss-reactive ketones (excluding diaryl/α,β-unsaturated/α-hetero) is 1. The SMILES string of the molecule is C[C@@H]1CC[C@]2(C(=O)O)CC[C@]3(C)C(=CC[C@@H]4[C@@]5(C)[C@H](O)C(=O)[C@H](O)C(C)(C)[C@@H]5CC[C@]43C)[C@@H]2[C@]1(C)O. The molecule has 202 valence electrons. The second-order valence-corrected chi connectivity index (χ2v) is 14.7. The highest BCUT2D eigenvalue weighted by atomic mass is 16.4. The highest BCUT2D eigenvalue weighted by molar-refractivity contribution is 5.90. The van der Waals surface area contributed by atoms with E-state index in [1.54, 1.807) is 0 Å². The fourth-order valence-corrected chi connectivity index (χ4v) is 10.7. The number of rotatable bonds is 1. The Labute approximate surface area is 215 Å². The number of aliphatic hydroxyl groups excluding tert-OH is 2. The number of allylic oxidation sites excluding steroid dienone is 1. The molecule has 6 heteroatoms. The van der Waals surface area contributed by atoms with Crippen LogP contribution < -0.4 is 0 Å². The van der Waals surface area contributed by atoms with Crippen LogP contribution in [0.4, 0.5) is 0 Å². The molecule has 0 bridgehead atoms. The summed E-state index contributed by atoms with van der Waals surface area (Å²) < 4.78 is 0. The molecule has 4 fully saturated rings. The van der Waals surface area contributed by atoms with E-state index < -0.39 is 51.7 Å². The fourth-order valence-electron chi connectivity index (χ4n) is 10.7. The Hall–Kier alpha value is -1.24. The summed E-state index contributed by atoms with van der Waals surface area (Å²) in [5.41, 5.74) is -2.95. The molecule has 4 saturated carbocycles. The van der Waals surface area contributed by atoms with E-state index in [1.807, 2.05) is 27.7 Å². The first-order valence-electron chi connectivity index (χ1n) is 14.0. The lowest BCUT2D eigenvalue weighted by Gasteiger charge is -2.72. The van der Waals surface area contributed by atoms with Crippen LogP contribution >= 0.6 is 0 Å². The summed E-state index contributed by atoms with van der Waals surface area (Å²) in [7, 11) is 0. The van der Waals surface area contributed by atoms with Gasteiger partial charge in [-0.25, -0.2) is 0 Å². The number of aliphatic carboxylic acids is 1. The Bertz CT molecular complexity index is 1030. The van der Waals surface area contributed by atoms with Gasteiger partial charge in [-0.1, -0.05) is 53.2 Å². The van der Waals surface area contributed by atoms with E-state index in [4.69, 9.17) is 0 Å². The lowest BCUT2D eigenvalue weighted by Crippen LogP contribution is -2.71. The lowest BCUT2D eigenvalue weighted by molar-refractivity contribution is -0.238. The van der Waals surface area contributed by atoms with Gasteiger partial charge in [0.1, 0.15) is 12.2 Å². The number of carboxylic acids is 1. The number of carbonyl (C=O) groups is 2. The molecule has 5 rings (SSSR count). The van der Waals surface area contributed by atoms with Gasteiger partial charge in [0.2, 0.25) is 0 Å². The molecule has 0 aromatic rings. The maximum Gasteiger partial charge on any atom is 0.310 e. The van der Waals surface area contributed by atoms with Gasteiger partial charge in [0.25, 0.3) is 0 Å². The molecule has 11 atom stereocenters.